The summed E-state index contributed by atoms with van der Waals surface area (Å²) in [6.07, 6.45) is 1.58. The van der Waals surface area contributed by atoms with E-state index < -0.39 is 0 Å². The van der Waals surface area contributed by atoms with Crippen molar-refractivity contribution < 1.29 is 9.26 Å². The molecular formula is C13H13BrN2O2. The summed E-state index contributed by atoms with van der Waals surface area (Å²) < 4.78 is 11.3. The summed E-state index contributed by atoms with van der Waals surface area (Å²) >= 11 is 3.51. The van der Waals surface area contributed by atoms with Gasteiger partial charge in [0.15, 0.2) is 0 Å². The molecule has 2 rings (SSSR count). The normalized spacial score (nSPS) is 10.3. The molecule has 0 aliphatic rings. The zero-order valence-corrected chi connectivity index (χ0v) is 11.5. The third-order valence-electron chi connectivity index (χ3n) is 2.33. The number of aromatic nitrogens is 1. The van der Waals surface area contributed by atoms with Gasteiger partial charge in [-0.25, -0.2) is 0 Å². The van der Waals surface area contributed by atoms with Crippen LogP contribution in [0.2, 0.25) is 0 Å². The molecule has 2 aromatic rings. The Hall–Kier alpha value is -1.75. The van der Waals surface area contributed by atoms with Crippen molar-refractivity contribution in [1.82, 2.24) is 5.16 Å². The topological polar surface area (TPSA) is 61.3 Å². The number of hydrogen-bond acceptors (Lipinski definition) is 4. The molecule has 94 valence electrons. The lowest BCUT2D eigenvalue weighted by molar-refractivity contribution is 0.350. The van der Waals surface area contributed by atoms with Crippen molar-refractivity contribution in [2.75, 3.05) is 12.3 Å². The maximum Gasteiger partial charge on any atom is 0.229 e. The highest BCUT2D eigenvalue weighted by Gasteiger charge is 2.13. The Balaban J connectivity index is 2.36. The summed E-state index contributed by atoms with van der Waals surface area (Å²) in [6, 6.07) is 5.68. The van der Waals surface area contributed by atoms with Crippen molar-refractivity contribution in [1.29, 1.82) is 0 Å². The van der Waals surface area contributed by atoms with Gasteiger partial charge in [0, 0.05) is 5.56 Å². The van der Waals surface area contributed by atoms with Gasteiger partial charge in [-0.05, 0) is 34.5 Å². The van der Waals surface area contributed by atoms with Crippen molar-refractivity contribution in [3.8, 4) is 16.9 Å². The number of nitrogen functional groups attached to an aromatic ring is 1. The van der Waals surface area contributed by atoms with E-state index in [1.54, 1.807) is 6.20 Å². The number of halogens is 1. The van der Waals surface area contributed by atoms with Crippen molar-refractivity contribution in [3.05, 3.63) is 41.0 Å². The maximum atomic E-state index is 5.71. The molecular weight excluding hydrogens is 296 g/mol. The Morgan fingerprint density at radius 3 is 2.89 bits per heavy atom. The Bertz CT molecular complexity index is 578. The molecule has 1 heterocycles. The van der Waals surface area contributed by atoms with Crippen LogP contribution in [0.5, 0.6) is 5.75 Å². The van der Waals surface area contributed by atoms with Crippen LogP contribution >= 0.6 is 15.9 Å². The van der Waals surface area contributed by atoms with Gasteiger partial charge >= 0.3 is 0 Å². The second-order valence-corrected chi connectivity index (χ2v) is 4.76. The van der Waals surface area contributed by atoms with Crippen molar-refractivity contribution in [3.63, 3.8) is 0 Å². The minimum atomic E-state index is 0.285. The van der Waals surface area contributed by atoms with Gasteiger partial charge < -0.3 is 15.0 Å². The van der Waals surface area contributed by atoms with Gasteiger partial charge in [-0.1, -0.05) is 23.9 Å². The van der Waals surface area contributed by atoms with Gasteiger partial charge in [-0.2, -0.15) is 0 Å². The molecule has 5 heteroatoms. The van der Waals surface area contributed by atoms with E-state index in [2.05, 4.69) is 27.7 Å². The lowest BCUT2D eigenvalue weighted by atomic mass is 10.1. The first-order valence-electron chi connectivity index (χ1n) is 5.36. The lowest BCUT2D eigenvalue weighted by Crippen LogP contribution is -1.98. The van der Waals surface area contributed by atoms with Crippen molar-refractivity contribution in [2.45, 2.75) is 6.92 Å². The van der Waals surface area contributed by atoms with Crippen LogP contribution in [-0.2, 0) is 0 Å². The summed E-state index contributed by atoms with van der Waals surface area (Å²) in [5.41, 5.74) is 8.29. The highest BCUT2D eigenvalue weighted by atomic mass is 79.9. The van der Waals surface area contributed by atoms with E-state index in [0.29, 0.717) is 6.61 Å². The largest absolute Gasteiger partial charge is 0.488 e. The second kappa shape index (κ2) is 5.27. The quantitative estimate of drug-likeness (QED) is 0.876. The average Bonchev–Trinajstić information content (AvgIpc) is 2.74. The minimum absolute atomic E-state index is 0.285. The number of anilines is 1. The number of hydrogen-bond donors (Lipinski definition) is 1. The monoisotopic (exact) mass is 308 g/mol. The third-order valence-corrected chi connectivity index (χ3v) is 3.14. The molecule has 2 N–H and O–H groups in total. The fourth-order valence-corrected chi connectivity index (χ4v) is 2.07. The number of nitrogens with zero attached hydrogens (tertiary/aromatic N) is 1. The Morgan fingerprint density at radius 1 is 1.50 bits per heavy atom. The molecule has 1 aromatic carbocycles. The molecule has 0 amide bonds. The van der Waals surface area contributed by atoms with Gasteiger partial charge in [-0.15, -0.1) is 0 Å². The van der Waals surface area contributed by atoms with Gasteiger partial charge in [0.05, 0.1) is 16.2 Å². The number of benzene rings is 1. The van der Waals surface area contributed by atoms with Crippen LogP contribution in [0.15, 0.2) is 45.5 Å². The zero-order valence-electron chi connectivity index (χ0n) is 9.94. The minimum Gasteiger partial charge on any atom is -0.488 e. The molecule has 0 aliphatic heterocycles. The number of rotatable bonds is 4. The van der Waals surface area contributed by atoms with E-state index in [-0.39, 0.29) is 5.88 Å². The van der Waals surface area contributed by atoms with E-state index in [9.17, 15) is 0 Å². The lowest BCUT2D eigenvalue weighted by Gasteiger charge is -2.10. The zero-order chi connectivity index (χ0) is 13.1. The predicted molar refractivity (Wildman–Crippen MR) is 74.4 cm³/mol. The predicted octanol–water partition coefficient (Wildman–Crippen LogP) is 3.64. The van der Waals surface area contributed by atoms with Gasteiger partial charge in [0.2, 0.25) is 5.88 Å². The van der Waals surface area contributed by atoms with Crippen LogP contribution in [0, 0.1) is 0 Å². The fourth-order valence-electron chi connectivity index (χ4n) is 1.48. The van der Waals surface area contributed by atoms with Gasteiger partial charge in [-0.3, -0.25) is 0 Å². The van der Waals surface area contributed by atoms with Crippen LogP contribution in [0.1, 0.15) is 6.92 Å². The molecule has 1 aromatic heterocycles. The van der Waals surface area contributed by atoms with E-state index >= 15 is 0 Å². The molecule has 4 nitrogen and oxygen atoms in total. The molecule has 0 saturated heterocycles. The smallest absolute Gasteiger partial charge is 0.229 e. The van der Waals surface area contributed by atoms with Crippen molar-refractivity contribution >= 4 is 21.8 Å². The van der Waals surface area contributed by atoms with E-state index in [0.717, 1.165) is 26.9 Å². The average molecular weight is 309 g/mol. The van der Waals surface area contributed by atoms with Gasteiger partial charge in [0.25, 0.3) is 0 Å². The molecule has 0 radical (unpaired) electrons. The molecule has 0 saturated carbocycles. The molecule has 0 atom stereocenters. The molecule has 0 spiro atoms. The number of nitrogens with two attached hydrogens (primary N) is 1. The Morgan fingerprint density at radius 2 is 2.28 bits per heavy atom. The van der Waals surface area contributed by atoms with Crippen LogP contribution in [-0.4, -0.2) is 11.8 Å². The number of ether oxygens (including phenoxy) is 1. The molecule has 18 heavy (non-hydrogen) atoms. The highest BCUT2D eigenvalue weighted by molar-refractivity contribution is 9.10. The molecule has 0 fully saturated rings. The van der Waals surface area contributed by atoms with E-state index in [4.69, 9.17) is 15.0 Å². The first-order chi connectivity index (χ1) is 8.59. The van der Waals surface area contributed by atoms with Crippen molar-refractivity contribution in [2.24, 2.45) is 0 Å². The highest BCUT2D eigenvalue weighted by Crippen LogP contribution is 2.37. The third kappa shape index (κ3) is 2.56. The summed E-state index contributed by atoms with van der Waals surface area (Å²) in [5, 5.41) is 3.67. The van der Waals surface area contributed by atoms with E-state index in [1.165, 1.54) is 0 Å². The van der Waals surface area contributed by atoms with Crippen LogP contribution in [0.4, 0.5) is 5.88 Å². The van der Waals surface area contributed by atoms with Crippen LogP contribution in [0.3, 0.4) is 0 Å². The van der Waals surface area contributed by atoms with Crippen LogP contribution in [0.25, 0.3) is 11.1 Å². The summed E-state index contributed by atoms with van der Waals surface area (Å²) in [7, 11) is 0. The maximum absolute atomic E-state index is 5.71. The first-order valence-corrected chi connectivity index (χ1v) is 6.15. The summed E-state index contributed by atoms with van der Waals surface area (Å²) in [6.45, 7) is 6.19. The Labute approximate surface area is 114 Å². The second-order valence-electron chi connectivity index (χ2n) is 3.97. The fraction of sp³-hybridized carbons (Fsp3) is 0.154. The summed E-state index contributed by atoms with van der Waals surface area (Å²) in [4.78, 5) is 0. The van der Waals surface area contributed by atoms with Crippen LogP contribution < -0.4 is 10.5 Å². The van der Waals surface area contributed by atoms with E-state index in [1.807, 2.05) is 25.1 Å². The molecule has 0 unspecified atom stereocenters. The standard InChI is InChI=1S/C13H13BrN2O2/c1-8(2)7-17-11-5-3-4-9(12(11)14)10-6-16-18-13(10)15/h3-6H,1,7,15H2,2H3. The summed E-state index contributed by atoms with van der Waals surface area (Å²) in [5.74, 6) is 1.02. The SMILES string of the molecule is C=C(C)COc1cccc(-c2cnoc2N)c1Br. The van der Waals surface area contributed by atoms with Gasteiger partial charge in [0.1, 0.15) is 12.4 Å². The Kier molecular flexibility index (Phi) is 3.72. The molecule has 0 bridgehead atoms. The molecule has 0 aliphatic carbocycles. The first kappa shape index (κ1) is 12.7.